The Morgan fingerprint density at radius 1 is 0.850 bits per heavy atom. The Morgan fingerprint density at radius 3 is 2.05 bits per heavy atom. The number of carbonyl (C=O) groups excluding carboxylic acids is 4. The Hall–Kier alpha value is -4.28. The molecule has 0 aliphatic heterocycles. The van der Waals surface area contributed by atoms with E-state index in [0.717, 1.165) is 11.1 Å². The molecular formula is C30H39N5O5. The van der Waals surface area contributed by atoms with Gasteiger partial charge < -0.3 is 32.5 Å². The molecule has 4 atom stereocenters. The number of aliphatic hydroxyl groups is 1. The van der Waals surface area contributed by atoms with E-state index in [1.54, 1.807) is 13.8 Å². The highest BCUT2D eigenvalue weighted by Crippen LogP contribution is 2.09. The van der Waals surface area contributed by atoms with Crippen molar-refractivity contribution in [2.24, 2.45) is 17.4 Å². The summed E-state index contributed by atoms with van der Waals surface area (Å²) in [5.74, 6) is -3.19. The number of nitrogens with two attached hydrogens (primary N) is 2. The van der Waals surface area contributed by atoms with Crippen LogP contribution in [-0.2, 0) is 25.6 Å². The van der Waals surface area contributed by atoms with Crippen molar-refractivity contribution in [1.82, 2.24) is 16.0 Å². The van der Waals surface area contributed by atoms with Crippen LogP contribution in [0.2, 0.25) is 0 Å². The summed E-state index contributed by atoms with van der Waals surface area (Å²) in [5.41, 5.74) is 12.8. The van der Waals surface area contributed by atoms with Gasteiger partial charge in [0.05, 0.1) is 19.1 Å². The Balaban J connectivity index is 2.18. The Bertz CT molecular complexity index is 1170. The fourth-order valence-corrected chi connectivity index (χ4v) is 3.80. The summed E-state index contributed by atoms with van der Waals surface area (Å²) in [7, 11) is 0. The zero-order chi connectivity index (χ0) is 29.5. The molecule has 0 saturated heterocycles. The molecule has 4 amide bonds. The second-order valence-electron chi connectivity index (χ2n) is 9.71. The lowest BCUT2D eigenvalue weighted by Gasteiger charge is -2.27. The van der Waals surface area contributed by atoms with Gasteiger partial charge in [-0.05, 0) is 23.5 Å². The highest BCUT2D eigenvalue weighted by Gasteiger charge is 2.31. The molecule has 0 bridgehead atoms. The van der Waals surface area contributed by atoms with E-state index in [4.69, 9.17) is 16.6 Å². The molecule has 0 aromatic heterocycles. The second-order valence-corrected chi connectivity index (χ2v) is 9.71. The lowest BCUT2D eigenvalue weighted by atomic mass is 10.00. The van der Waals surface area contributed by atoms with E-state index in [2.05, 4.69) is 16.0 Å². The van der Waals surface area contributed by atoms with E-state index in [-0.39, 0.29) is 5.92 Å². The van der Waals surface area contributed by atoms with E-state index in [1.165, 1.54) is 0 Å². The molecule has 40 heavy (non-hydrogen) atoms. The van der Waals surface area contributed by atoms with Crippen LogP contribution in [0.4, 0.5) is 0 Å². The molecule has 0 radical (unpaired) electrons. The SMILES string of the molecule is CC(C)[C@H](NC(=O)[C@H](CC(N)=O)NC(=O)[C@@H](N)CO)C(=O)N[C@H](/C=C/C=C/c1ccccc1)Cc1ccccc1. The van der Waals surface area contributed by atoms with Crippen molar-refractivity contribution in [2.45, 2.75) is 50.9 Å². The zero-order valence-corrected chi connectivity index (χ0v) is 22.8. The number of amides is 4. The maximum absolute atomic E-state index is 13.4. The van der Waals surface area contributed by atoms with Crippen LogP contribution in [0, 0.1) is 5.92 Å². The fourth-order valence-electron chi connectivity index (χ4n) is 3.80. The van der Waals surface area contributed by atoms with Gasteiger partial charge in [0, 0.05) is 0 Å². The molecule has 10 heteroatoms. The topological polar surface area (TPSA) is 177 Å². The lowest BCUT2D eigenvalue weighted by Crippen LogP contribution is -2.58. The average molecular weight is 550 g/mol. The van der Waals surface area contributed by atoms with Crippen molar-refractivity contribution >= 4 is 29.7 Å². The number of hydrogen-bond donors (Lipinski definition) is 6. The number of carbonyl (C=O) groups is 4. The third-order valence-corrected chi connectivity index (χ3v) is 5.99. The summed E-state index contributed by atoms with van der Waals surface area (Å²) in [6, 6.07) is 15.5. The van der Waals surface area contributed by atoms with Gasteiger partial charge in [-0.25, -0.2) is 0 Å². The first-order valence-electron chi connectivity index (χ1n) is 13.1. The number of nitrogens with one attached hydrogen (secondary N) is 3. The standard InChI is InChI=1S/C30H39N5O5/c1-20(2)27(35-29(39)25(18-26(32)37)34-28(38)24(31)19-36)30(40)33-23(17-22-14-7-4-8-15-22)16-10-9-13-21-11-5-3-6-12-21/h3-16,20,23-25,27,36H,17-19,31H2,1-2H3,(H2,32,37)(H,33,40)(H,34,38)(H,35,39)/b13-9+,16-10+/t23-,24+,25+,27+/m1/s1. The molecule has 0 spiro atoms. The number of primary amides is 1. The third-order valence-electron chi connectivity index (χ3n) is 5.99. The molecule has 2 aromatic carbocycles. The normalized spacial score (nSPS) is 14.4. The van der Waals surface area contributed by atoms with Gasteiger partial charge in [-0.1, -0.05) is 98.8 Å². The minimum absolute atomic E-state index is 0.326. The van der Waals surface area contributed by atoms with Gasteiger partial charge in [0.15, 0.2) is 0 Å². The summed E-state index contributed by atoms with van der Waals surface area (Å²) >= 11 is 0. The molecule has 10 nitrogen and oxygen atoms in total. The van der Waals surface area contributed by atoms with Gasteiger partial charge in [-0.3, -0.25) is 19.2 Å². The molecule has 0 unspecified atom stereocenters. The molecule has 0 saturated carbocycles. The van der Waals surface area contributed by atoms with E-state index in [9.17, 15) is 19.2 Å². The predicted molar refractivity (Wildman–Crippen MR) is 154 cm³/mol. The quantitative estimate of drug-likeness (QED) is 0.179. The molecule has 214 valence electrons. The number of allylic oxidation sites excluding steroid dienone is 2. The molecule has 2 rings (SSSR count). The largest absolute Gasteiger partial charge is 0.394 e. The Kier molecular flexibility index (Phi) is 13.3. The fraction of sp³-hybridized carbons (Fsp3) is 0.333. The summed E-state index contributed by atoms with van der Waals surface area (Å²) in [5, 5.41) is 17.0. The van der Waals surface area contributed by atoms with Gasteiger partial charge in [0.25, 0.3) is 0 Å². The molecule has 0 aliphatic carbocycles. The van der Waals surface area contributed by atoms with E-state index in [1.807, 2.05) is 85.0 Å². The van der Waals surface area contributed by atoms with Gasteiger partial charge in [0.2, 0.25) is 23.6 Å². The van der Waals surface area contributed by atoms with E-state index < -0.39 is 60.8 Å². The molecule has 0 aliphatic rings. The Labute approximate surface area is 234 Å². The summed E-state index contributed by atoms with van der Waals surface area (Å²) in [4.78, 5) is 50.1. The van der Waals surface area contributed by atoms with Crippen LogP contribution in [0.1, 0.15) is 31.4 Å². The van der Waals surface area contributed by atoms with Gasteiger partial charge >= 0.3 is 0 Å². The Morgan fingerprint density at radius 2 is 1.48 bits per heavy atom. The first-order valence-corrected chi connectivity index (χ1v) is 13.1. The second kappa shape index (κ2) is 16.6. The molecular weight excluding hydrogens is 510 g/mol. The first-order chi connectivity index (χ1) is 19.1. The maximum Gasteiger partial charge on any atom is 0.243 e. The van der Waals surface area contributed by atoms with Crippen LogP contribution in [0.15, 0.2) is 78.9 Å². The predicted octanol–water partition coefficient (Wildman–Crippen LogP) is 0.804. The monoisotopic (exact) mass is 549 g/mol. The zero-order valence-electron chi connectivity index (χ0n) is 22.8. The maximum atomic E-state index is 13.4. The minimum atomic E-state index is -1.36. The van der Waals surface area contributed by atoms with Crippen molar-refractivity contribution in [3.63, 3.8) is 0 Å². The van der Waals surface area contributed by atoms with Crippen molar-refractivity contribution in [3.05, 3.63) is 90.0 Å². The smallest absolute Gasteiger partial charge is 0.243 e. The van der Waals surface area contributed by atoms with Gasteiger partial charge in [-0.15, -0.1) is 0 Å². The number of hydrogen-bond acceptors (Lipinski definition) is 6. The van der Waals surface area contributed by atoms with Crippen LogP contribution < -0.4 is 27.4 Å². The van der Waals surface area contributed by atoms with E-state index >= 15 is 0 Å². The van der Waals surface area contributed by atoms with Crippen molar-refractivity contribution in [3.8, 4) is 0 Å². The minimum Gasteiger partial charge on any atom is -0.394 e. The van der Waals surface area contributed by atoms with Crippen LogP contribution in [0.5, 0.6) is 0 Å². The van der Waals surface area contributed by atoms with Gasteiger partial charge in [0.1, 0.15) is 18.1 Å². The van der Waals surface area contributed by atoms with Crippen LogP contribution in [0.25, 0.3) is 6.08 Å². The van der Waals surface area contributed by atoms with Crippen LogP contribution in [0.3, 0.4) is 0 Å². The lowest BCUT2D eigenvalue weighted by molar-refractivity contribution is -0.134. The van der Waals surface area contributed by atoms with Crippen LogP contribution >= 0.6 is 0 Å². The molecule has 2 aromatic rings. The highest BCUT2D eigenvalue weighted by molar-refractivity contribution is 5.95. The molecule has 8 N–H and O–H groups in total. The van der Waals surface area contributed by atoms with Crippen molar-refractivity contribution < 1.29 is 24.3 Å². The van der Waals surface area contributed by atoms with E-state index in [0.29, 0.717) is 6.42 Å². The third kappa shape index (κ3) is 11.2. The molecule has 0 fully saturated rings. The summed E-state index contributed by atoms with van der Waals surface area (Å²) in [6.07, 6.45) is 7.57. The van der Waals surface area contributed by atoms with Crippen LogP contribution in [-0.4, -0.2) is 59.5 Å². The molecule has 0 heterocycles. The summed E-state index contributed by atoms with van der Waals surface area (Å²) in [6.45, 7) is 2.88. The summed E-state index contributed by atoms with van der Waals surface area (Å²) < 4.78 is 0. The number of aliphatic hydroxyl groups excluding tert-OH is 1. The van der Waals surface area contributed by atoms with Crippen molar-refractivity contribution in [1.29, 1.82) is 0 Å². The number of rotatable bonds is 15. The number of benzene rings is 2. The van der Waals surface area contributed by atoms with Gasteiger partial charge in [-0.2, -0.15) is 0 Å². The average Bonchev–Trinajstić information content (AvgIpc) is 2.93. The highest BCUT2D eigenvalue weighted by atomic mass is 16.3. The van der Waals surface area contributed by atoms with Crippen molar-refractivity contribution in [2.75, 3.05) is 6.61 Å². The first kappa shape index (κ1) is 31.9.